The van der Waals surface area contributed by atoms with Crippen LogP contribution < -0.4 is 10.6 Å². The number of nitrogens with one attached hydrogen (secondary N) is 2. The largest absolute Gasteiger partial charge is 0.351 e. The number of halogens is 1. The Morgan fingerprint density at radius 1 is 1.22 bits per heavy atom. The van der Waals surface area contributed by atoms with Gasteiger partial charge in [0.25, 0.3) is 0 Å². The predicted molar refractivity (Wildman–Crippen MR) is 108 cm³/mol. The van der Waals surface area contributed by atoms with Gasteiger partial charge in [0.1, 0.15) is 5.82 Å². The summed E-state index contributed by atoms with van der Waals surface area (Å²) in [5.41, 5.74) is 2.96. The normalized spacial score (nSPS) is 11.8. The number of thioether (sulfide) groups is 1. The molecule has 140 valence electrons. The van der Waals surface area contributed by atoms with E-state index in [2.05, 4.69) is 20.8 Å². The van der Waals surface area contributed by atoms with E-state index >= 15 is 0 Å². The molecule has 0 unspecified atom stereocenters. The van der Waals surface area contributed by atoms with Crippen LogP contribution in [0.4, 0.5) is 15.2 Å². The molecule has 2 N–H and O–H groups in total. The summed E-state index contributed by atoms with van der Waals surface area (Å²) in [7, 11) is 0. The Kier molecular flexibility index (Phi) is 6.41. The van der Waals surface area contributed by atoms with Crippen molar-refractivity contribution in [2.75, 3.05) is 5.32 Å². The molecule has 0 aliphatic heterocycles. The van der Waals surface area contributed by atoms with Gasteiger partial charge in [0.05, 0.1) is 5.25 Å². The molecule has 0 spiro atoms. The van der Waals surface area contributed by atoms with Crippen LogP contribution in [0.1, 0.15) is 18.1 Å². The van der Waals surface area contributed by atoms with Crippen LogP contribution in [-0.2, 0) is 11.3 Å². The van der Waals surface area contributed by atoms with Crippen molar-refractivity contribution in [1.82, 2.24) is 15.5 Å². The topological polar surface area (TPSA) is 66.9 Å². The molecule has 2 aromatic carbocycles. The third kappa shape index (κ3) is 5.77. The molecule has 0 aliphatic rings. The summed E-state index contributed by atoms with van der Waals surface area (Å²) in [4.78, 5) is 12.3. The first-order valence-electron chi connectivity index (χ1n) is 8.35. The van der Waals surface area contributed by atoms with Gasteiger partial charge < -0.3 is 10.6 Å². The van der Waals surface area contributed by atoms with Gasteiger partial charge in [0.15, 0.2) is 4.34 Å². The van der Waals surface area contributed by atoms with Gasteiger partial charge >= 0.3 is 0 Å². The van der Waals surface area contributed by atoms with Gasteiger partial charge in [-0.2, -0.15) is 0 Å². The maximum atomic E-state index is 12.9. The lowest BCUT2D eigenvalue weighted by molar-refractivity contribution is -0.120. The van der Waals surface area contributed by atoms with Crippen LogP contribution in [0, 0.1) is 12.7 Å². The van der Waals surface area contributed by atoms with Gasteiger partial charge in [0.2, 0.25) is 11.0 Å². The molecule has 1 aromatic heterocycles. The van der Waals surface area contributed by atoms with Crippen LogP contribution in [0.2, 0.25) is 0 Å². The molecule has 0 aliphatic carbocycles. The number of hydrogen-bond acceptors (Lipinski definition) is 6. The fourth-order valence-corrected chi connectivity index (χ4v) is 4.23. The van der Waals surface area contributed by atoms with Crippen LogP contribution in [-0.4, -0.2) is 21.4 Å². The van der Waals surface area contributed by atoms with E-state index in [-0.39, 0.29) is 17.0 Å². The molecule has 8 heteroatoms. The van der Waals surface area contributed by atoms with Crippen LogP contribution in [0.25, 0.3) is 0 Å². The molecule has 0 bridgehead atoms. The quantitative estimate of drug-likeness (QED) is 0.569. The van der Waals surface area contributed by atoms with Gasteiger partial charge in [-0.1, -0.05) is 47.4 Å². The van der Waals surface area contributed by atoms with Crippen molar-refractivity contribution in [1.29, 1.82) is 0 Å². The Morgan fingerprint density at radius 2 is 2.00 bits per heavy atom. The molecule has 0 saturated carbocycles. The molecule has 1 amide bonds. The summed E-state index contributed by atoms with van der Waals surface area (Å²) >= 11 is 2.76. The van der Waals surface area contributed by atoms with E-state index in [0.717, 1.165) is 21.2 Å². The zero-order valence-electron chi connectivity index (χ0n) is 14.9. The molecular weight excluding hydrogens is 383 g/mol. The Labute approximate surface area is 165 Å². The number of nitrogens with zero attached hydrogens (tertiary/aromatic N) is 2. The average molecular weight is 403 g/mol. The summed E-state index contributed by atoms with van der Waals surface area (Å²) in [5.74, 6) is -0.395. The lowest BCUT2D eigenvalue weighted by atomic mass is 10.2. The lowest BCUT2D eigenvalue weighted by Gasteiger charge is -2.10. The Morgan fingerprint density at radius 3 is 2.74 bits per heavy atom. The molecule has 1 heterocycles. The highest BCUT2D eigenvalue weighted by Crippen LogP contribution is 2.30. The van der Waals surface area contributed by atoms with Crippen molar-refractivity contribution in [2.45, 2.75) is 30.0 Å². The van der Waals surface area contributed by atoms with Crippen molar-refractivity contribution >= 4 is 39.8 Å². The van der Waals surface area contributed by atoms with E-state index in [1.165, 1.54) is 35.2 Å². The highest BCUT2D eigenvalue weighted by molar-refractivity contribution is 8.02. The van der Waals surface area contributed by atoms with E-state index in [1.807, 2.05) is 38.1 Å². The summed E-state index contributed by atoms with van der Waals surface area (Å²) < 4.78 is 13.6. The first kappa shape index (κ1) is 19.3. The van der Waals surface area contributed by atoms with Crippen LogP contribution >= 0.6 is 23.1 Å². The number of rotatable bonds is 7. The Hall–Kier alpha value is -2.45. The standard InChI is InChI=1S/C19H19FN4OS2/c1-12-4-3-5-16(10-12)22-18-23-24-19(27-18)26-13(2)17(25)21-11-14-6-8-15(20)9-7-14/h3-10,13H,11H2,1-2H3,(H,21,25)(H,22,23)/t13-/m0/s1. The minimum absolute atomic E-state index is 0.104. The van der Waals surface area contributed by atoms with Crippen molar-refractivity contribution in [2.24, 2.45) is 0 Å². The van der Waals surface area contributed by atoms with Gasteiger partial charge in [-0.05, 0) is 49.2 Å². The van der Waals surface area contributed by atoms with E-state index in [1.54, 1.807) is 12.1 Å². The predicted octanol–water partition coefficient (Wildman–Crippen LogP) is 4.53. The second kappa shape index (κ2) is 8.96. The van der Waals surface area contributed by atoms with Gasteiger partial charge in [-0.15, -0.1) is 10.2 Å². The number of carbonyl (C=O) groups is 1. The Bertz CT molecular complexity index is 914. The van der Waals surface area contributed by atoms with E-state index < -0.39 is 0 Å². The fraction of sp³-hybridized carbons (Fsp3) is 0.211. The second-order valence-corrected chi connectivity index (χ2v) is 8.54. The van der Waals surface area contributed by atoms with Gasteiger partial charge in [-0.25, -0.2) is 4.39 Å². The molecule has 0 radical (unpaired) electrons. The molecule has 1 atom stereocenters. The molecule has 0 saturated heterocycles. The Balaban J connectivity index is 1.51. The summed E-state index contributed by atoms with van der Waals surface area (Å²) in [6.07, 6.45) is 0. The molecule has 27 heavy (non-hydrogen) atoms. The lowest BCUT2D eigenvalue weighted by Crippen LogP contribution is -2.30. The second-order valence-electron chi connectivity index (χ2n) is 5.97. The first-order valence-corrected chi connectivity index (χ1v) is 10.1. The number of aromatic nitrogens is 2. The number of aryl methyl sites for hydroxylation is 1. The van der Waals surface area contributed by atoms with E-state index in [0.29, 0.717) is 11.7 Å². The van der Waals surface area contributed by atoms with Crippen molar-refractivity contribution in [3.8, 4) is 0 Å². The smallest absolute Gasteiger partial charge is 0.233 e. The van der Waals surface area contributed by atoms with Crippen LogP contribution in [0.3, 0.4) is 0 Å². The number of anilines is 2. The molecule has 0 fully saturated rings. The monoisotopic (exact) mass is 402 g/mol. The highest BCUT2D eigenvalue weighted by Gasteiger charge is 2.17. The molecule has 3 aromatic rings. The summed E-state index contributed by atoms with van der Waals surface area (Å²) in [6.45, 7) is 4.21. The minimum Gasteiger partial charge on any atom is -0.351 e. The van der Waals surface area contributed by atoms with Crippen molar-refractivity contribution < 1.29 is 9.18 Å². The molecule has 3 rings (SSSR count). The number of amides is 1. The van der Waals surface area contributed by atoms with Crippen molar-refractivity contribution in [3.63, 3.8) is 0 Å². The number of carbonyl (C=O) groups excluding carboxylic acids is 1. The summed E-state index contributed by atoms with van der Waals surface area (Å²) in [6, 6.07) is 14.1. The van der Waals surface area contributed by atoms with Gasteiger partial charge in [0, 0.05) is 12.2 Å². The first-order chi connectivity index (χ1) is 13.0. The van der Waals surface area contributed by atoms with E-state index in [9.17, 15) is 9.18 Å². The SMILES string of the molecule is Cc1cccc(Nc2nnc(S[C@@H](C)C(=O)NCc3ccc(F)cc3)s2)c1. The third-order valence-corrected chi connectivity index (χ3v) is 5.73. The zero-order chi connectivity index (χ0) is 19.2. The fourth-order valence-electron chi connectivity index (χ4n) is 2.29. The van der Waals surface area contributed by atoms with Crippen molar-refractivity contribution in [3.05, 3.63) is 65.5 Å². The minimum atomic E-state index is -0.315. The molecule has 5 nitrogen and oxygen atoms in total. The van der Waals surface area contributed by atoms with Crippen LogP contribution in [0.5, 0.6) is 0 Å². The van der Waals surface area contributed by atoms with Gasteiger partial charge in [-0.3, -0.25) is 4.79 Å². The zero-order valence-corrected chi connectivity index (χ0v) is 16.5. The third-order valence-electron chi connectivity index (χ3n) is 3.70. The maximum absolute atomic E-state index is 12.9. The summed E-state index contributed by atoms with van der Waals surface area (Å²) in [5, 5.41) is 14.7. The number of benzene rings is 2. The highest BCUT2D eigenvalue weighted by atomic mass is 32.2. The van der Waals surface area contributed by atoms with E-state index in [4.69, 9.17) is 0 Å². The average Bonchev–Trinajstić information content (AvgIpc) is 3.07. The maximum Gasteiger partial charge on any atom is 0.233 e. The van der Waals surface area contributed by atoms with Crippen LogP contribution in [0.15, 0.2) is 52.9 Å². The number of hydrogen-bond donors (Lipinski definition) is 2. The molecular formula is C19H19FN4OS2.